The summed E-state index contributed by atoms with van der Waals surface area (Å²) >= 11 is 0. The number of carbonyl (C=O) groups is 2. The number of hydrogen-bond acceptors (Lipinski definition) is 4. The predicted octanol–water partition coefficient (Wildman–Crippen LogP) is 2.81. The maximum Gasteiger partial charge on any atom is 0.303 e. The largest absolute Gasteiger partial charge is 0.481 e. The molecule has 1 aromatic rings. The zero-order valence-corrected chi connectivity index (χ0v) is 13.7. The highest BCUT2D eigenvalue weighted by Crippen LogP contribution is 2.41. The van der Waals surface area contributed by atoms with E-state index in [1.807, 2.05) is 13.8 Å². The molecule has 0 fully saturated rings. The van der Waals surface area contributed by atoms with Crippen LogP contribution in [0.15, 0.2) is 18.2 Å². The van der Waals surface area contributed by atoms with Gasteiger partial charge in [0, 0.05) is 24.7 Å². The molecule has 0 spiro atoms. The molecule has 6 nitrogen and oxygen atoms in total. The first-order valence-corrected chi connectivity index (χ1v) is 8.06. The monoisotopic (exact) mass is 320 g/mol. The van der Waals surface area contributed by atoms with E-state index in [0.29, 0.717) is 49.4 Å². The highest BCUT2D eigenvalue weighted by molar-refractivity contribution is 6.03. The maximum atomic E-state index is 12.9. The van der Waals surface area contributed by atoms with Gasteiger partial charge in [0.2, 0.25) is 0 Å². The molecular weight excluding hydrogens is 296 g/mol. The number of nitrogens with two attached hydrogens (primary N) is 1. The standard InChI is InChI=1S/C17H24N2O4/c1-3-17(4-2)16(22)19(10-6-5-7-15(20)21)13-9-8-12(18)11-14(13)23-17/h8-9,11H,3-7,10,18H2,1-2H3,(H,20,21). The minimum atomic E-state index is -0.867. The molecule has 1 amide bonds. The lowest BCUT2D eigenvalue weighted by Gasteiger charge is -2.42. The van der Waals surface area contributed by atoms with Gasteiger partial charge in [0.1, 0.15) is 5.75 Å². The van der Waals surface area contributed by atoms with Gasteiger partial charge in [-0.15, -0.1) is 0 Å². The van der Waals surface area contributed by atoms with E-state index in [2.05, 4.69) is 0 Å². The van der Waals surface area contributed by atoms with Crippen LogP contribution in [0.2, 0.25) is 0 Å². The molecule has 0 saturated heterocycles. The Bertz CT molecular complexity index is 596. The van der Waals surface area contributed by atoms with Gasteiger partial charge >= 0.3 is 5.97 Å². The van der Waals surface area contributed by atoms with Crippen molar-refractivity contribution < 1.29 is 19.4 Å². The molecule has 6 heteroatoms. The third kappa shape index (κ3) is 3.41. The van der Waals surface area contributed by atoms with Crippen LogP contribution in [0.5, 0.6) is 5.75 Å². The van der Waals surface area contributed by atoms with Crippen molar-refractivity contribution in [3.63, 3.8) is 0 Å². The van der Waals surface area contributed by atoms with Crippen LogP contribution < -0.4 is 15.4 Å². The van der Waals surface area contributed by atoms with E-state index in [1.165, 1.54) is 0 Å². The lowest BCUT2D eigenvalue weighted by Crippen LogP contribution is -2.55. The molecule has 0 unspecified atom stereocenters. The molecule has 1 heterocycles. The van der Waals surface area contributed by atoms with Gasteiger partial charge in [-0.25, -0.2) is 0 Å². The van der Waals surface area contributed by atoms with Crippen LogP contribution in [0.25, 0.3) is 0 Å². The van der Waals surface area contributed by atoms with Gasteiger partial charge in [-0.1, -0.05) is 13.8 Å². The number of amides is 1. The van der Waals surface area contributed by atoms with Crippen LogP contribution in [0.1, 0.15) is 46.0 Å². The topological polar surface area (TPSA) is 92.9 Å². The molecule has 2 rings (SSSR count). The highest BCUT2D eigenvalue weighted by Gasteiger charge is 2.45. The summed E-state index contributed by atoms with van der Waals surface area (Å²) in [6.45, 7) is 4.34. The van der Waals surface area contributed by atoms with Gasteiger partial charge in [-0.3, -0.25) is 9.59 Å². The highest BCUT2D eigenvalue weighted by atomic mass is 16.5. The Morgan fingerprint density at radius 2 is 2.00 bits per heavy atom. The van der Waals surface area contributed by atoms with Crippen molar-refractivity contribution in [3.8, 4) is 5.75 Å². The van der Waals surface area contributed by atoms with Crippen molar-refractivity contribution in [2.24, 2.45) is 0 Å². The molecule has 0 atom stereocenters. The summed E-state index contributed by atoms with van der Waals surface area (Å²) in [6, 6.07) is 5.27. The second-order valence-electron chi connectivity index (χ2n) is 5.84. The Hall–Kier alpha value is -2.24. The number of rotatable bonds is 7. The fraction of sp³-hybridized carbons (Fsp3) is 0.529. The average Bonchev–Trinajstić information content (AvgIpc) is 2.52. The van der Waals surface area contributed by atoms with Gasteiger partial charge < -0.3 is 20.5 Å². The summed E-state index contributed by atoms with van der Waals surface area (Å²) in [5.74, 6) is -0.260. The Labute approximate surface area is 136 Å². The molecule has 23 heavy (non-hydrogen) atoms. The van der Waals surface area contributed by atoms with Crippen LogP contribution in [0.4, 0.5) is 11.4 Å². The minimum Gasteiger partial charge on any atom is -0.481 e. The van der Waals surface area contributed by atoms with E-state index < -0.39 is 11.6 Å². The van der Waals surface area contributed by atoms with Crippen LogP contribution in [-0.2, 0) is 9.59 Å². The number of carboxylic acid groups (broad SMARTS) is 1. The third-order valence-electron chi connectivity index (χ3n) is 4.38. The van der Waals surface area contributed by atoms with Crippen molar-refractivity contribution in [2.75, 3.05) is 17.2 Å². The van der Waals surface area contributed by atoms with Crippen molar-refractivity contribution in [2.45, 2.75) is 51.6 Å². The molecule has 3 N–H and O–H groups in total. The fourth-order valence-corrected chi connectivity index (χ4v) is 2.91. The smallest absolute Gasteiger partial charge is 0.303 e. The first-order chi connectivity index (χ1) is 10.9. The van der Waals surface area contributed by atoms with Gasteiger partial charge in [-0.05, 0) is 37.8 Å². The van der Waals surface area contributed by atoms with Gasteiger partial charge in [-0.2, -0.15) is 0 Å². The molecule has 0 aliphatic carbocycles. The Morgan fingerprint density at radius 3 is 2.61 bits per heavy atom. The summed E-state index contributed by atoms with van der Waals surface area (Å²) in [4.78, 5) is 25.3. The van der Waals surface area contributed by atoms with Crippen LogP contribution in [0, 0.1) is 0 Å². The molecule has 0 bridgehead atoms. The Morgan fingerprint density at radius 1 is 1.30 bits per heavy atom. The second kappa shape index (κ2) is 6.89. The van der Waals surface area contributed by atoms with Gasteiger partial charge in [0.25, 0.3) is 5.91 Å². The molecule has 0 saturated carbocycles. The number of nitrogen functional groups attached to an aromatic ring is 1. The molecule has 0 radical (unpaired) electrons. The van der Waals surface area contributed by atoms with Crippen molar-refractivity contribution in [1.29, 1.82) is 0 Å². The van der Waals surface area contributed by atoms with E-state index in [0.717, 1.165) is 0 Å². The number of nitrogens with zero attached hydrogens (tertiary/aromatic N) is 1. The minimum absolute atomic E-state index is 0.0601. The van der Waals surface area contributed by atoms with E-state index in [9.17, 15) is 9.59 Å². The summed E-state index contributed by atoms with van der Waals surface area (Å²) in [7, 11) is 0. The molecule has 1 aliphatic heterocycles. The first-order valence-electron chi connectivity index (χ1n) is 8.06. The predicted molar refractivity (Wildman–Crippen MR) is 88.6 cm³/mol. The number of benzene rings is 1. The van der Waals surface area contributed by atoms with Crippen molar-refractivity contribution in [1.82, 2.24) is 0 Å². The van der Waals surface area contributed by atoms with E-state index >= 15 is 0 Å². The summed E-state index contributed by atoms with van der Waals surface area (Å²) in [5, 5.41) is 8.74. The normalized spacial score (nSPS) is 15.9. The number of hydrogen-bond donors (Lipinski definition) is 2. The van der Waals surface area contributed by atoms with E-state index in [1.54, 1.807) is 23.1 Å². The number of carbonyl (C=O) groups excluding carboxylic acids is 1. The Balaban J connectivity index is 2.27. The fourth-order valence-electron chi connectivity index (χ4n) is 2.91. The molecule has 0 aromatic heterocycles. The van der Waals surface area contributed by atoms with Crippen LogP contribution in [-0.4, -0.2) is 29.1 Å². The summed E-state index contributed by atoms with van der Waals surface area (Å²) in [6.07, 6.45) is 2.42. The second-order valence-corrected chi connectivity index (χ2v) is 5.84. The zero-order valence-electron chi connectivity index (χ0n) is 13.7. The number of aliphatic carboxylic acids is 1. The molecule has 1 aliphatic rings. The number of carboxylic acids is 1. The van der Waals surface area contributed by atoms with Gasteiger partial charge in [0.05, 0.1) is 5.69 Å². The summed E-state index contributed by atoms with van der Waals surface area (Å²) < 4.78 is 6.02. The first kappa shape index (κ1) is 17.1. The number of fused-ring (bicyclic) bond motifs is 1. The van der Waals surface area contributed by atoms with E-state index in [4.69, 9.17) is 15.6 Å². The number of unbranched alkanes of at least 4 members (excludes halogenated alkanes) is 1. The van der Waals surface area contributed by atoms with Crippen LogP contribution >= 0.6 is 0 Å². The van der Waals surface area contributed by atoms with E-state index in [-0.39, 0.29) is 12.3 Å². The lowest BCUT2D eigenvalue weighted by atomic mass is 9.92. The quantitative estimate of drug-likeness (QED) is 0.595. The molecule has 126 valence electrons. The Kier molecular flexibility index (Phi) is 5.13. The van der Waals surface area contributed by atoms with Crippen molar-refractivity contribution >= 4 is 23.3 Å². The van der Waals surface area contributed by atoms with Crippen molar-refractivity contribution in [3.05, 3.63) is 18.2 Å². The third-order valence-corrected chi connectivity index (χ3v) is 4.38. The number of ether oxygens (including phenoxy) is 1. The lowest BCUT2D eigenvalue weighted by molar-refractivity contribution is -0.137. The number of anilines is 2. The SMILES string of the molecule is CCC1(CC)Oc2cc(N)ccc2N(CCCCC(=O)O)C1=O. The maximum absolute atomic E-state index is 12.9. The van der Waals surface area contributed by atoms with Gasteiger partial charge in [0.15, 0.2) is 5.60 Å². The molecular formula is C17H24N2O4. The average molecular weight is 320 g/mol. The zero-order chi connectivity index (χ0) is 17.0. The summed E-state index contributed by atoms with van der Waals surface area (Å²) in [5.41, 5.74) is 6.27. The van der Waals surface area contributed by atoms with Crippen LogP contribution in [0.3, 0.4) is 0 Å². The molecule has 1 aromatic carbocycles.